The van der Waals surface area contributed by atoms with E-state index in [1.165, 1.54) is 5.56 Å². The molecule has 0 spiro atoms. The molecule has 1 amide bonds. The molecule has 0 aromatic heterocycles. The summed E-state index contributed by atoms with van der Waals surface area (Å²) in [5.74, 6) is 1.19. The van der Waals surface area contributed by atoms with Crippen molar-refractivity contribution in [3.63, 3.8) is 0 Å². The van der Waals surface area contributed by atoms with Gasteiger partial charge in [0.2, 0.25) is 5.91 Å². The highest BCUT2D eigenvalue weighted by atomic mass is 127. The number of benzene rings is 2. The largest absolute Gasteiger partial charge is 0.356 e. The quantitative estimate of drug-likeness (QED) is 0.300. The molecule has 2 N–H and O–H groups in total. The van der Waals surface area contributed by atoms with Gasteiger partial charge < -0.3 is 15.5 Å². The van der Waals surface area contributed by atoms with Crippen LogP contribution in [0, 0.1) is 5.92 Å². The number of hydrogen-bond donors (Lipinski definition) is 2. The third kappa shape index (κ3) is 7.32. The number of guanidine groups is 1. The lowest BCUT2D eigenvalue weighted by atomic mass is 10.1. The maximum atomic E-state index is 12.3. The molecule has 3 rings (SSSR count). The first-order valence-electron chi connectivity index (χ1n) is 9.75. The van der Waals surface area contributed by atoms with Crippen molar-refractivity contribution in [2.75, 3.05) is 26.7 Å². The lowest BCUT2D eigenvalue weighted by Gasteiger charge is -2.18. The summed E-state index contributed by atoms with van der Waals surface area (Å²) >= 11 is 12.2. The Bertz CT molecular complexity index is 863. The zero-order chi connectivity index (χ0) is 20.6. The van der Waals surface area contributed by atoms with Crippen molar-refractivity contribution in [2.24, 2.45) is 10.9 Å². The molecule has 2 aromatic carbocycles. The third-order valence-corrected chi connectivity index (χ3v) is 5.64. The SMILES string of the molecule is CN=C(NCc1ccc(Cl)cc1Cl)NCC1CC(=O)N(CCc2ccccc2)C1.I. The summed E-state index contributed by atoms with van der Waals surface area (Å²) in [6.07, 6.45) is 1.46. The van der Waals surface area contributed by atoms with Gasteiger partial charge >= 0.3 is 0 Å². The predicted octanol–water partition coefficient (Wildman–Crippen LogP) is 4.37. The van der Waals surface area contributed by atoms with Crippen molar-refractivity contribution in [2.45, 2.75) is 19.4 Å². The second-order valence-corrected chi connectivity index (χ2v) is 8.03. The van der Waals surface area contributed by atoms with E-state index in [2.05, 4.69) is 27.8 Å². The Balaban J connectivity index is 0.00000320. The van der Waals surface area contributed by atoms with Gasteiger partial charge in [-0.3, -0.25) is 9.79 Å². The zero-order valence-corrected chi connectivity index (χ0v) is 20.7. The van der Waals surface area contributed by atoms with E-state index in [0.29, 0.717) is 35.5 Å². The Labute approximate surface area is 205 Å². The molecular weight excluding hydrogens is 534 g/mol. The van der Waals surface area contributed by atoms with Crippen LogP contribution in [-0.4, -0.2) is 43.4 Å². The Hall–Kier alpha value is -1.51. The Kier molecular flexibility index (Phi) is 10.2. The van der Waals surface area contributed by atoms with Crippen LogP contribution in [0.1, 0.15) is 17.5 Å². The van der Waals surface area contributed by atoms with Crippen molar-refractivity contribution in [1.29, 1.82) is 0 Å². The van der Waals surface area contributed by atoms with Gasteiger partial charge in [0.25, 0.3) is 0 Å². The number of aliphatic imine (C=N–C) groups is 1. The summed E-state index contributed by atoms with van der Waals surface area (Å²) in [7, 11) is 1.73. The first kappa shape index (κ1) is 24.8. The summed E-state index contributed by atoms with van der Waals surface area (Å²) in [6, 6.07) is 15.7. The van der Waals surface area contributed by atoms with Crippen LogP contribution in [0.5, 0.6) is 0 Å². The first-order chi connectivity index (χ1) is 14.0. The lowest BCUT2D eigenvalue weighted by molar-refractivity contribution is -0.127. The predicted molar refractivity (Wildman–Crippen MR) is 135 cm³/mol. The Morgan fingerprint density at radius 3 is 2.63 bits per heavy atom. The second kappa shape index (κ2) is 12.4. The highest BCUT2D eigenvalue weighted by molar-refractivity contribution is 14.0. The van der Waals surface area contributed by atoms with E-state index < -0.39 is 0 Å². The van der Waals surface area contributed by atoms with Crippen LogP contribution in [0.3, 0.4) is 0 Å². The summed E-state index contributed by atoms with van der Waals surface area (Å²) in [6.45, 7) is 2.78. The van der Waals surface area contributed by atoms with Gasteiger partial charge in [0.15, 0.2) is 5.96 Å². The van der Waals surface area contributed by atoms with Crippen LogP contribution in [0.4, 0.5) is 0 Å². The summed E-state index contributed by atoms with van der Waals surface area (Å²) in [5, 5.41) is 7.81. The smallest absolute Gasteiger partial charge is 0.223 e. The first-order valence-corrected chi connectivity index (χ1v) is 10.5. The van der Waals surface area contributed by atoms with E-state index in [9.17, 15) is 4.79 Å². The zero-order valence-electron chi connectivity index (χ0n) is 16.9. The van der Waals surface area contributed by atoms with Gasteiger partial charge in [0.1, 0.15) is 0 Å². The molecule has 2 aromatic rings. The molecule has 5 nitrogen and oxygen atoms in total. The van der Waals surface area contributed by atoms with Gasteiger partial charge in [-0.05, 0) is 29.7 Å². The summed E-state index contributed by atoms with van der Waals surface area (Å²) in [5.41, 5.74) is 2.20. The number of hydrogen-bond acceptors (Lipinski definition) is 2. The van der Waals surface area contributed by atoms with Crippen LogP contribution in [0.25, 0.3) is 0 Å². The maximum absolute atomic E-state index is 12.3. The lowest BCUT2D eigenvalue weighted by Crippen LogP contribution is -2.40. The van der Waals surface area contributed by atoms with Crippen molar-refractivity contribution in [1.82, 2.24) is 15.5 Å². The second-order valence-electron chi connectivity index (χ2n) is 7.19. The normalized spacial score (nSPS) is 16.4. The van der Waals surface area contributed by atoms with Crippen LogP contribution in [0.15, 0.2) is 53.5 Å². The fraction of sp³-hybridized carbons (Fsp3) is 0.364. The highest BCUT2D eigenvalue weighted by Gasteiger charge is 2.29. The molecule has 1 atom stereocenters. The molecule has 1 heterocycles. The number of amides is 1. The van der Waals surface area contributed by atoms with Crippen LogP contribution >= 0.6 is 47.2 Å². The number of halogens is 3. The molecule has 162 valence electrons. The number of nitrogens with one attached hydrogen (secondary N) is 2. The molecule has 0 bridgehead atoms. The van der Waals surface area contributed by atoms with E-state index >= 15 is 0 Å². The van der Waals surface area contributed by atoms with Gasteiger partial charge in [0, 0.05) is 55.6 Å². The number of likely N-dealkylation sites (tertiary alicyclic amines) is 1. The van der Waals surface area contributed by atoms with E-state index in [1.807, 2.05) is 35.2 Å². The maximum Gasteiger partial charge on any atom is 0.223 e. The monoisotopic (exact) mass is 560 g/mol. The summed E-state index contributed by atoms with van der Waals surface area (Å²) < 4.78 is 0. The minimum Gasteiger partial charge on any atom is -0.356 e. The average Bonchev–Trinajstić information content (AvgIpc) is 3.08. The van der Waals surface area contributed by atoms with Crippen LogP contribution in [0.2, 0.25) is 10.0 Å². The molecule has 1 fully saturated rings. The van der Waals surface area contributed by atoms with Gasteiger partial charge in [-0.25, -0.2) is 0 Å². The van der Waals surface area contributed by atoms with Crippen molar-refractivity contribution in [3.8, 4) is 0 Å². The average molecular weight is 561 g/mol. The molecule has 0 saturated carbocycles. The van der Waals surface area contributed by atoms with E-state index in [4.69, 9.17) is 23.2 Å². The standard InChI is InChI=1S/C22H26Cl2N4O.HI/c1-25-22(27-14-18-7-8-19(23)12-20(18)24)26-13-17-11-21(29)28(15-17)10-9-16-5-3-2-4-6-16;/h2-8,12,17H,9-11,13-15H2,1H3,(H2,25,26,27);1H. The van der Waals surface area contributed by atoms with Gasteiger partial charge in [-0.15, -0.1) is 24.0 Å². The minimum atomic E-state index is 0. The van der Waals surface area contributed by atoms with Crippen molar-refractivity contribution < 1.29 is 4.79 Å². The third-order valence-electron chi connectivity index (χ3n) is 5.05. The molecule has 0 radical (unpaired) electrons. The molecule has 1 unspecified atom stereocenters. The van der Waals surface area contributed by atoms with E-state index in [0.717, 1.165) is 25.1 Å². The minimum absolute atomic E-state index is 0. The topological polar surface area (TPSA) is 56.7 Å². The molecule has 1 aliphatic rings. The molecule has 0 aliphatic carbocycles. The number of rotatable bonds is 7. The highest BCUT2D eigenvalue weighted by Crippen LogP contribution is 2.21. The molecule has 8 heteroatoms. The molecular formula is C22H27Cl2IN4O. The number of carbonyl (C=O) groups is 1. The van der Waals surface area contributed by atoms with Gasteiger partial charge in [-0.2, -0.15) is 0 Å². The van der Waals surface area contributed by atoms with E-state index in [-0.39, 0.29) is 35.8 Å². The van der Waals surface area contributed by atoms with Gasteiger partial charge in [0.05, 0.1) is 0 Å². The molecule has 1 saturated heterocycles. The molecule has 30 heavy (non-hydrogen) atoms. The van der Waals surface area contributed by atoms with E-state index in [1.54, 1.807) is 13.1 Å². The summed E-state index contributed by atoms with van der Waals surface area (Å²) in [4.78, 5) is 18.5. The fourth-order valence-electron chi connectivity index (χ4n) is 3.42. The van der Waals surface area contributed by atoms with Crippen molar-refractivity contribution in [3.05, 3.63) is 69.7 Å². The number of carbonyl (C=O) groups excluding carboxylic acids is 1. The van der Waals surface area contributed by atoms with Crippen LogP contribution < -0.4 is 10.6 Å². The van der Waals surface area contributed by atoms with Crippen molar-refractivity contribution >= 4 is 59.0 Å². The van der Waals surface area contributed by atoms with Gasteiger partial charge in [-0.1, -0.05) is 59.6 Å². The fourth-order valence-corrected chi connectivity index (χ4v) is 3.90. The Morgan fingerprint density at radius 1 is 1.17 bits per heavy atom. The Morgan fingerprint density at radius 2 is 1.93 bits per heavy atom. The van der Waals surface area contributed by atoms with Crippen LogP contribution in [-0.2, 0) is 17.8 Å². The number of nitrogens with zero attached hydrogens (tertiary/aromatic N) is 2. The molecule has 1 aliphatic heterocycles.